The first-order chi connectivity index (χ1) is 8.06. The van der Waals surface area contributed by atoms with E-state index in [1.165, 1.54) is 0 Å². The second kappa shape index (κ2) is 5.29. The van der Waals surface area contributed by atoms with E-state index in [9.17, 15) is 5.11 Å². The fourth-order valence-corrected chi connectivity index (χ4v) is 2.63. The van der Waals surface area contributed by atoms with Gasteiger partial charge in [0.2, 0.25) is 11.7 Å². The average Bonchev–Trinajstić information content (AvgIpc) is 2.86. The molecule has 0 saturated carbocycles. The number of rotatable bonds is 4. The summed E-state index contributed by atoms with van der Waals surface area (Å²) in [5, 5.41) is 15.6. The van der Waals surface area contributed by atoms with Crippen molar-refractivity contribution in [3.05, 3.63) is 21.8 Å². The Balaban J connectivity index is 2.11. The Hall–Kier alpha value is -0.720. The van der Waals surface area contributed by atoms with Crippen molar-refractivity contribution in [2.24, 2.45) is 5.92 Å². The van der Waals surface area contributed by atoms with Gasteiger partial charge in [-0.1, -0.05) is 19.0 Å². The van der Waals surface area contributed by atoms with Gasteiger partial charge in [0.05, 0.1) is 17.4 Å². The van der Waals surface area contributed by atoms with Crippen LogP contribution >= 0.6 is 27.3 Å². The van der Waals surface area contributed by atoms with Gasteiger partial charge in [0.25, 0.3) is 0 Å². The van der Waals surface area contributed by atoms with Gasteiger partial charge in [-0.15, -0.1) is 11.3 Å². The number of halogens is 1. The molecule has 2 aromatic rings. The Morgan fingerprint density at radius 3 is 2.88 bits per heavy atom. The molecule has 0 spiro atoms. The van der Waals surface area contributed by atoms with Crippen molar-refractivity contribution in [3.8, 4) is 10.7 Å². The van der Waals surface area contributed by atoms with Crippen LogP contribution in [0.25, 0.3) is 10.7 Å². The number of aromatic nitrogens is 2. The second-order valence-electron chi connectivity index (χ2n) is 4.16. The van der Waals surface area contributed by atoms with Crippen LogP contribution in [0, 0.1) is 5.92 Å². The van der Waals surface area contributed by atoms with E-state index in [0.717, 1.165) is 9.35 Å². The standard InChI is InChI=1S/C11H13BrN2O2S/c1-6(2)8(15)4-10-13-11(14-16-10)9-3-7(12)5-17-9/h3,5-6,8,15H,4H2,1-2H3. The van der Waals surface area contributed by atoms with Crippen LogP contribution in [0.5, 0.6) is 0 Å². The molecule has 17 heavy (non-hydrogen) atoms. The summed E-state index contributed by atoms with van der Waals surface area (Å²) in [6, 6.07) is 1.94. The molecule has 92 valence electrons. The lowest BCUT2D eigenvalue weighted by Crippen LogP contribution is -2.17. The van der Waals surface area contributed by atoms with Gasteiger partial charge in [-0.2, -0.15) is 4.98 Å². The summed E-state index contributed by atoms with van der Waals surface area (Å²) in [6.45, 7) is 3.91. The molecule has 0 aliphatic rings. The summed E-state index contributed by atoms with van der Waals surface area (Å²) in [5.74, 6) is 1.23. The molecule has 0 aromatic carbocycles. The Morgan fingerprint density at radius 2 is 2.29 bits per heavy atom. The molecule has 0 fully saturated rings. The summed E-state index contributed by atoms with van der Waals surface area (Å²) in [4.78, 5) is 5.22. The minimum atomic E-state index is -0.446. The van der Waals surface area contributed by atoms with E-state index in [1.54, 1.807) is 11.3 Å². The number of thiophene rings is 1. The zero-order valence-electron chi connectivity index (χ0n) is 9.55. The van der Waals surface area contributed by atoms with Crippen LogP contribution in [0.1, 0.15) is 19.7 Å². The lowest BCUT2D eigenvalue weighted by Gasteiger charge is -2.10. The van der Waals surface area contributed by atoms with Gasteiger partial charge < -0.3 is 9.63 Å². The highest BCUT2D eigenvalue weighted by Gasteiger charge is 2.16. The fraction of sp³-hybridized carbons (Fsp3) is 0.455. The van der Waals surface area contributed by atoms with Crippen molar-refractivity contribution in [3.63, 3.8) is 0 Å². The van der Waals surface area contributed by atoms with Crippen LogP contribution in [0.3, 0.4) is 0 Å². The molecular formula is C11H13BrN2O2S. The number of aliphatic hydroxyl groups is 1. The molecule has 0 aliphatic carbocycles. The topological polar surface area (TPSA) is 59.2 Å². The highest BCUT2D eigenvalue weighted by molar-refractivity contribution is 9.10. The summed E-state index contributed by atoms with van der Waals surface area (Å²) in [5.41, 5.74) is 0. The first kappa shape index (κ1) is 12.7. The van der Waals surface area contributed by atoms with Crippen LogP contribution < -0.4 is 0 Å². The van der Waals surface area contributed by atoms with E-state index in [0.29, 0.717) is 18.1 Å². The molecule has 6 heteroatoms. The third kappa shape index (κ3) is 3.14. The van der Waals surface area contributed by atoms with Crippen molar-refractivity contribution < 1.29 is 9.63 Å². The maximum atomic E-state index is 9.73. The highest BCUT2D eigenvalue weighted by atomic mass is 79.9. The van der Waals surface area contributed by atoms with Crippen molar-refractivity contribution in [1.29, 1.82) is 0 Å². The molecule has 1 unspecified atom stereocenters. The SMILES string of the molecule is CC(C)C(O)Cc1nc(-c2cc(Br)cs2)no1. The molecule has 2 rings (SSSR count). The van der Waals surface area contributed by atoms with Crippen LogP contribution in [-0.4, -0.2) is 21.4 Å². The van der Waals surface area contributed by atoms with Gasteiger partial charge in [-0.3, -0.25) is 0 Å². The van der Waals surface area contributed by atoms with E-state index in [1.807, 2.05) is 25.3 Å². The third-order valence-electron chi connectivity index (χ3n) is 2.41. The van der Waals surface area contributed by atoms with Gasteiger partial charge in [0.15, 0.2) is 0 Å². The molecule has 0 amide bonds. The first-order valence-corrected chi connectivity index (χ1v) is 6.98. The molecule has 1 N–H and O–H groups in total. The quantitative estimate of drug-likeness (QED) is 0.941. The summed E-state index contributed by atoms with van der Waals surface area (Å²) in [6.07, 6.45) is -0.0459. The Labute approximate surface area is 112 Å². The van der Waals surface area contributed by atoms with Gasteiger partial charge in [-0.25, -0.2) is 0 Å². The summed E-state index contributed by atoms with van der Waals surface area (Å²) in [7, 11) is 0. The number of hydrogen-bond acceptors (Lipinski definition) is 5. The lowest BCUT2D eigenvalue weighted by atomic mass is 10.0. The zero-order chi connectivity index (χ0) is 12.4. The minimum absolute atomic E-state index is 0.182. The Morgan fingerprint density at radius 1 is 1.53 bits per heavy atom. The third-order valence-corrected chi connectivity index (χ3v) is 4.10. The van der Waals surface area contributed by atoms with Gasteiger partial charge in [-0.05, 0) is 27.9 Å². The molecule has 4 nitrogen and oxygen atoms in total. The number of hydrogen-bond donors (Lipinski definition) is 1. The molecule has 0 radical (unpaired) electrons. The molecule has 1 atom stereocenters. The minimum Gasteiger partial charge on any atom is -0.392 e. The molecule has 2 heterocycles. The monoisotopic (exact) mass is 316 g/mol. The van der Waals surface area contributed by atoms with Crippen LogP contribution in [0.4, 0.5) is 0 Å². The van der Waals surface area contributed by atoms with Crippen molar-refractivity contribution in [1.82, 2.24) is 10.1 Å². The van der Waals surface area contributed by atoms with Gasteiger partial charge in [0, 0.05) is 9.85 Å². The molecular weight excluding hydrogens is 304 g/mol. The Kier molecular flexibility index (Phi) is 3.96. The van der Waals surface area contributed by atoms with Gasteiger partial charge in [0.1, 0.15) is 0 Å². The summed E-state index contributed by atoms with van der Waals surface area (Å²) < 4.78 is 6.12. The zero-order valence-corrected chi connectivity index (χ0v) is 12.0. The molecule has 0 saturated heterocycles. The number of nitrogens with zero attached hydrogens (tertiary/aromatic N) is 2. The normalized spacial score (nSPS) is 13.2. The molecule has 0 aliphatic heterocycles. The highest BCUT2D eigenvalue weighted by Crippen LogP contribution is 2.27. The first-order valence-electron chi connectivity index (χ1n) is 5.31. The summed E-state index contributed by atoms with van der Waals surface area (Å²) >= 11 is 4.93. The Bertz CT molecular complexity index is 495. The maximum Gasteiger partial charge on any atom is 0.229 e. The van der Waals surface area contributed by atoms with E-state index in [2.05, 4.69) is 26.1 Å². The average molecular weight is 317 g/mol. The molecule has 2 aromatic heterocycles. The van der Waals surface area contributed by atoms with Crippen LogP contribution in [0.15, 0.2) is 20.4 Å². The fourth-order valence-electron chi connectivity index (χ4n) is 1.28. The van der Waals surface area contributed by atoms with E-state index < -0.39 is 6.10 Å². The van der Waals surface area contributed by atoms with E-state index >= 15 is 0 Å². The maximum absolute atomic E-state index is 9.73. The van der Waals surface area contributed by atoms with Gasteiger partial charge >= 0.3 is 0 Å². The largest absolute Gasteiger partial charge is 0.392 e. The number of aliphatic hydroxyl groups excluding tert-OH is 1. The van der Waals surface area contributed by atoms with Crippen molar-refractivity contribution >= 4 is 27.3 Å². The van der Waals surface area contributed by atoms with Crippen LogP contribution in [0.2, 0.25) is 0 Å². The predicted octanol–water partition coefficient (Wildman–Crippen LogP) is 3.12. The lowest BCUT2D eigenvalue weighted by molar-refractivity contribution is 0.116. The van der Waals surface area contributed by atoms with Crippen molar-refractivity contribution in [2.75, 3.05) is 0 Å². The van der Waals surface area contributed by atoms with Crippen molar-refractivity contribution in [2.45, 2.75) is 26.4 Å². The van der Waals surface area contributed by atoms with E-state index in [4.69, 9.17) is 4.52 Å². The molecule has 0 bridgehead atoms. The smallest absolute Gasteiger partial charge is 0.229 e. The second-order valence-corrected chi connectivity index (χ2v) is 5.98. The van der Waals surface area contributed by atoms with Crippen LogP contribution in [-0.2, 0) is 6.42 Å². The predicted molar refractivity (Wildman–Crippen MR) is 69.9 cm³/mol. The van der Waals surface area contributed by atoms with E-state index in [-0.39, 0.29) is 5.92 Å².